The maximum atomic E-state index is 12.6. The van der Waals surface area contributed by atoms with E-state index >= 15 is 0 Å². The highest BCUT2D eigenvalue weighted by Crippen LogP contribution is 2.31. The lowest BCUT2D eigenvalue weighted by atomic mass is 9.87. The predicted molar refractivity (Wildman–Crippen MR) is 113 cm³/mol. The van der Waals surface area contributed by atoms with E-state index in [4.69, 9.17) is 4.18 Å². The van der Waals surface area contributed by atoms with E-state index in [2.05, 4.69) is 28.2 Å². The van der Waals surface area contributed by atoms with E-state index in [9.17, 15) is 8.42 Å². The highest BCUT2D eigenvalue weighted by atomic mass is 32.2. The molecule has 0 aliphatic heterocycles. The van der Waals surface area contributed by atoms with Crippen molar-refractivity contribution in [3.63, 3.8) is 0 Å². The lowest BCUT2D eigenvalue weighted by molar-refractivity contribution is 0.447. The van der Waals surface area contributed by atoms with Gasteiger partial charge in [-0.1, -0.05) is 30.3 Å². The first kappa shape index (κ1) is 19.2. The minimum atomic E-state index is -3.81. The van der Waals surface area contributed by atoms with Crippen LogP contribution in [0.1, 0.15) is 23.1 Å². The quantitative estimate of drug-likeness (QED) is 0.590. The Labute approximate surface area is 170 Å². The standard InChI is InChI=1S/C22H23NO3S2/c24-28(25,20-6-2-1-3-7-20)26-22-8-4-5-18-15-19(9-10-21(18)22)23-13-11-17-12-14-27-16-17/h1-8,12,14,16,19,23H,9-11,13,15H2. The molecule has 1 atom stereocenters. The van der Waals surface area contributed by atoms with Crippen molar-refractivity contribution in [2.75, 3.05) is 6.54 Å². The zero-order valence-electron chi connectivity index (χ0n) is 15.5. The molecule has 0 saturated heterocycles. The summed E-state index contributed by atoms with van der Waals surface area (Å²) in [5, 5.41) is 7.94. The number of fused-ring (bicyclic) bond motifs is 1. The van der Waals surface area contributed by atoms with Crippen molar-refractivity contribution in [2.45, 2.75) is 36.6 Å². The third kappa shape index (κ3) is 4.46. The van der Waals surface area contributed by atoms with Gasteiger partial charge in [-0.25, -0.2) is 0 Å². The Bertz CT molecular complexity index is 1020. The average molecular weight is 414 g/mol. The minimum Gasteiger partial charge on any atom is -0.379 e. The molecule has 1 aliphatic carbocycles. The third-order valence-corrected chi connectivity index (χ3v) is 7.08. The molecule has 0 radical (unpaired) electrons. The van der Waals surface area contributed by atoms with E-state index in [1.165, 1.54) is 11.1 Å². The van der Waals surface area contributed by atoms with Crippen molar-refractivity contribution in [3.8, 4) is 5.75 Å². The van der Waals surface area contributed by atoms with Gasteiger partial charge >= 0.3 is 10.1 Å². The van der Waals surface area contributed by atoms with Crippen LogP contribution in [0.4, 0.5) is 0 Å². The monoisotopic (exact) mass is 413 g/mol. The third-order valence-electron chi connectivity index (χ3n) is 5.10. The van der Waals surface area contributed by atoms with Gasteiger partial charge in [0.2, 0.25) is 0 Å². The van der Waals surface area contributed by atoms with E-state index in [1.807, 2.05) is 6.07 Å². The summed E-state index contributed by atoms with van der Waals surface area (Å²) in [6.45, 7) is 0.954. The van der Waals surface area contributed by atoms with Crippen LogP contribution in [-0.2, 0) is 29.4 Å². The maximum Gasteiger partial charge on any atom is 0.339 e. The topological polar surface area (TPSA) is 55.4 Å². The van der Waals surface area contributed by atoms with Gasteiger partial charge in [-0.2, -0.15) is 19.8 Å². The van der Waals surface area contributed by atoms with Gasteiger partial charge in [0.15, 0.2) is 0 Å². The molecule has 28 heavy (non-hydrogen) atoms. The number of nitrogens with one attached hydrogen (secondary N) is 1. The first-order chi connectivity index (χ1) is 13.6. The summed E-state index contributed by atoms with van der Waals surface area (Å²) in [5.41, 5.74) is 3.55. The fourth-order valence-electron chi connectivity index (χ4n) is 3.63. The highest BCUT2D eigenvalue weighted by molar-refractivity contribution is 7.87. The molecule has 0 fully saturated rings. The second kappa shape index (κ2) is 8.47. The molecule has 4 nitrogen and oxygen atoms in total. The SMILES string of the molecule is O=S(=O)(Oc1cccc2c1CCC(NCCc1ccsc1)C2)c1ccccc1. The number of thiophene rings is 1. The lowest BCUT2D eigenvalue weighted by Gasteiger charge is -2.27. The van der Waals surface area contributed by atoms with Crippen molar-refractivity contribution in [1.29, 1.82) is 0 Å². The van der Waals surface area contributed by atoms with Crippen LogP contribution < -0.4 is 9.50 Å². The van der Waals surface area contributed by atoms with Gasteiger partial charge in [-0.3, -0.25) is 0 Å². The molecule has 0 saturated carbocycles. The van der Waals surface area contributed by atoms with Crippen LogP contribution in [0.3, 0.4) is 0 Å². The van der Waals surface area contributed by atoms with Gasteiger partial charge < -0.3 is 9.50 Å². The van der Waals surface area contributed by atoms with E-state index in [0.29, 0.717) is 11.8 Å². The van der Waals surface area contributed by atoms with Crippen molar-refractivity contribution < 1.29 is 12.6 Å². The molecule has 1 aromatic heterocycles. The zero-order valence-corrected chi connectivity index (χ0v) is 17.1. The minimum absolute atomic E-state index is 0.177. The van der Waals surface area contributed by atoms with Crippen LogP contribution in [0.5, 0.6) is 5.75 Å². The van der Waals surface area contributed by atoms with Crippen molar-refractivity contribution >= 4 is 21.5 Å². The molecule has 6 heteroatoms. The molecule has 3 aromatic rings. The molecule has 146 valence electrons. The molecule has 0 amide bonds. The lowest BCUT2D eigenvalue weighted by Crippen LogP contribution is -2.36. The van der Waals surface area contributed by atoms with Crippen LogP contribution in [-0.4, -0.2) is 21.0 Å². The molecule has 4 rings (SSSR count). The van der Waals surface area contributed by atoms with Gasteiger partial charge in [0, 0.05) is 6.04 Å². The van der Waals surface area contributed by atoms with Crippen LogP contribution in [0.2, 0.25) is 0 Å². The molecular formula is C22H23NO3S2. The van der Waals surface area contributed by atoms with Crippen molar-refractivity contribution in [2.24, 2.45) is 0 Å². The van der Waals surface area contributed by atoms with Crippen molar-refractivity contribution in [1.82, 2.24) is 5.32 Å². The Morgan fingerprint density at radius 2 is 1.93 bits per heavy atom. The summed E-state index contributed by atoms with van der Waals surface area (Å²) < 4.78 is 30.6. The fraction of sp³-hybridized carbons (Fsp3) is 0.273. The van der Waals surface area contributed by atoms with Crippen LogP contribution in [0.25, 0.3) is 0 Å². The summed E-state index contributed by atoms with van der Waals surface area (Å²) in [6, 6.07) is 16.6. The molecule has 0 spiro atoms. The number of benzene rings is 2. The Kier molecular flexibility index (Phi) is 5.80. The predicted octanol–water partition coefficient (Wildman–Crippen LogP) is 4.21. The number of hydrogen-bond donors (Lipinski definition) is 1. The van der Waals surface area contributed by atoms with Gasteiger partial charge in [0.1, 0.15) is 10.6 Å². The zero-order chi connectivity index (χ0) is 19.4. The smallest absolute Gasteiger partial charge is 0.339 e. The molecule has 1 unspecified atom stereocenters. The molecule has 1 aliphatic rings. The van der Waals surface area contributed by atoms with E-state index in [1.54, 1.807) is 47.7 Å². The van der Waals surface area contributed by atoms with Gasteiger partial charge in [0.05, 0.1) is 0 Å². The maximum absolute atomic E-state index is 12.6. The summed E-state index contributed by atoms with van der Waals surface area (Å²) in [5.74, 6) is 0.457. The average Bonchev–Trinajstić information content (AvgIpc) is 3.22. The van der Waals surface area contributed by atoms with Crippen LogP contribution >= 0.6 is 11.3 Å². The fourth-order valence-corrected chi connectivity index (χ4v) is 5.32. The first-order valence-corrected chi connectivity index (χ1v) is 11.8. The summed E-state index contributed by atoms with van der Waals surface area (Å²) in [4.78, 5) is 0.177. The Morgan fingerprint density at radius 1 is 1.07 bits per heavy atom. The second-order valence-electron chi connectivity index (χ2n) is 7.02. The number of rotatable bonds is 7. The van der Waals surface area contributed by atoms with Crippen LogP contribution in [0.15, 0.2) is 70.3 Å². The summed E-state index contributed by atoms with van der Waals surface area (Å²) >= 11 is 1.73. The van der Waals surface area contributed by atoms with Gasteiger partial charge in [-0.05, 0) is 83.9 Å². The molecule has 0 bridgehead atoms. The second-order valence-corrected chi connectivity index (χ2v) is 9.35. The number of hydrogen-bond acceptors (Lipinski definition) is 5. The van der Waals surface area contributed by atoms with E-state index in [0.717, 1.165) is 37.8 Å². The first-order valence-electron chi connectivity index (χ1n) is 9.46. The van der Waals surface area contributed by atoms with E-state index in [-0.39, 0.29) is 4.90 Å². The van der Waals surface area contributed by atoms with E-state index < -0.39 is 10.1 Å². The summed E-state index contributed by atoms with van der Waals surface area (Å²) in [7, 11) is -3.81. The largest absolute Gasteiger partial charge is 0.379 e. The Morgan fingerprint density at radius 3 is 2.71 bits per heavy atom. The summed E-state index contributed by atoms with van der Waals surface area (Å²) in [6.07, 6.45) is 3.71. The molecule has 2 aromatic carbocycles. The van der Waals surface area contributed by atoms with Crippen molar-refractivity contribution in [3.05, 3.63) is 82.0 Å². The van der Waals surface area contributed by atoms with Gasteiger partial charge in [0.25, 0.3) is 0 Å². The Balaban J connectivity index is 1.43. The molecule has 1 heterocycles. The van der Waals surface area contributed by atoms with Crippen LogP contribution in [0, 0.1) is 0 Å². The molecular weight excluding hydrogens is 390 g/mol. The molecule has 1 N–H and O–H groups in total. The Hall–Kier alpha value is -2.15. The van der Waals surface area contributed by atoms with Gasteiger partial charge in [-0.15, -0.1) is 0 Å². The highest BCUT2D eigenvalue weighted by Gasteiger charge is 2.24. The normalized spacial score (nSPS) is 16.5.